The van der Waals surface area contributed by atoms with Crippen molar-refractivity contribution in [2.24, 2.45) is 0 Å². The maximum absolute atomic E-state index is 11.7. The van der Waals surface area contributed by atoms with Gasteiger partial charge in [-0.2, -0.15) is 0 Å². The molecule has 1 aromatic carbocycles. The molecule has 1 N–H and O–H groups in total. The van der Waals surface area contributed by atoms with Crippen molar-refractivity contribution < 1.29 is 12.6 Å². The van der Waals surface area contributed by atoms with Gasteiger partial charge in [0.05, 0.1) is 4.90 Å². The molecule has 1 rings (SSSR count). The minimum absolute atomic E-state index is 0.240. The zero-order valence-corrected chi connectivity index (χ0v) is 13.4. The van der Waals surface area contributed by atoms with Gasteiger partial charge in [0.2, 0.25) is 0 Å². The molecule has 1 aromatic rings. The Hall–Kier alpha value is -0.430. The minimum atomic E-state index is -3.30. The molecule has 0 heterocycles. The van der Waals surface area contributed by atoms with Gasteiger partial charge in [-0.3, -0.25) is 4.21 Å². The van der Waals surface area contributed by atoms with Crippen molar-refractivity contribution in [1.29, 1.82) is 0 Å². The molecule has 0 spiro atoms. The molecule has 7 heteroatoms. The highest BCUT2D eigenvalue weighted by atomic mass is 35.5. The van der Waals surface area contributed by atoms with Crippen LogP contribution >= 0.6 is 11.6 Å². The second-order valence-corrected chi connectivity index (χ2v) is 8.35. The SMILES string of the molecule is CCS(=O)CCNCc1c(Cl)cccc1S(C)(=O)=O. The zero-order valence-electron chi connectivity index (χ0n) is 11.0. The van der Waals surface area contributed by atoms with Crippen LogP contribution in [0, 0.1) is 0 Å². The lowest BCUT2D eigenvalue weighted by Crippen LogP contribution is -2.22. The summed E-state index contributed by atoms with van der Waals surface area (Å²) in [6, 6.07) is 4.83. The number of sulfone groups is 1. The van der Waals surface area contributed by atoms with Crippen LogP contribution in [0.25, 0.3) is 0 Å². The third kappa shape index (κ3) is 5.22. The van der Waals surface area contributed by atoms with E-state index in [2.05, 4.69) is 5.32 Å². The van der Waals surface area contributed by atoms with Crippen LogP contribution in [0.2, 0.25) is 5.02 Å². The molecule has 0 saturated heterocycles. The molecule has 0 aliphatic rings. The van der Waals surface area contributed by atoms with Gasteiger partial charge in [-0.15, -0.1) is 0 Å². The Kier molecular flexibility index (Phi) is 6.46. The van der Waals surface area contributed by atoms with E-state index in [1.807, 2.05) is 6.92 Å². The lowest BCUT2D eigenvalue weighted by atomic mass is 10.2. The summed E-state index contributed by atoms with van der Waals surface area (Å²) in [6.45, 7) is 2.78. The fourth-order valence-corrected chi connectivity index (χ4v) is 3.52. The van der Waals surface area contributed by atoms with Crippen molar-refractivity contribution in [2.75, 3.05) is 24.3 Å². The summed E-state index contributed by atoms with van der Waals surface area (Å²) in [4.78, 5) is 0.240. The fraction of sp³-hybridized carbons (Fsp3) is 0.500. The third-order valence-electron chi connectivity index (χ3n) is 2.61. The third-order valence-corrected chi connectivity index (χ3v) is 5.44. The van der Waals surface area contributed by atoms with Crippen LogP contribution in [0.1, 0.15) is 12.5 Å². The zero-order chi connectivity index (χ0) is 14.5. The smallest absolute Gasteiger partial charge is 0.175 e. The Labute approximate surface area is 121 Å². The standard InChI is InChI=1S/C12H18ClNO3S2/c1-3-18(15)8-7-14-9-10-11(13)5-4-6-12(10)19(2,16)17/h4-6,14H,3,7-9H2,1-2H3. The topological polar surface area (TPSA) is 63.2 Å². The summed E-state index contributed by atoms with van der Waals surface area (Å²) in [5.74, 6) is 1.18. The number of halogens is 1. The van der Waals surface area contributed by atoms with E-state index in [-0.39, 0.29) is 4.90 Å². The maximum Gasteiger partial charge on any atom is 0.175 e. The van der Waals surface area contributed by atoms with E-state index in [4.69, 9.17) is 11.6 Å². The Balaban J connectivity index is 2.76. The molecule has 19 heavy (non-hydrogen) atoms. The van der Waals surface area contributed by atoms with E-state index in [1.165, 1.54) is 0 Å². The van der Waals surface area contributed by atoms with Crippen LogP contribution in [-0.2, 0) is 27.2 Å². The maximum atomic E-state index is 11.7. The van der Waals surface area contributed by atoms with Crippen molar-refractivity contribution in [3.05, 3.63) is 28.8 Å². The monoisotopic (exact) mass is 323 g/mol. The van der Waals surface area contributed by atoms with E-state index in [0.717, 1.165) is 6.26 Å². The molecule has 0 aromatic heterocycles. The van der Waals surface area contributed by atoms with E-state index in [1.54, 1.807) is 18.2 Å². The molecule has 0 saturated carbocycles. The quantitative estimate of drug-likeness (QED) is 0.774. The second-order valence-electron chi connectivity index (χ2n) is 4.10. The van der Waals surface area contributed by atoms with Gasteiger partial charge in [0.15, 0.2) is 9.84 Å². The van der Waals surface area contributed by atoms with Crippen LogP contribution in [-0.4, -0.2) is 36.9 Å². The predicted octanol–water partition coefficient (Wildman–Crippen LogP) is 1.60. The Morgan fingerprint density at radius 3 is 2.63 bits per heavy atom. The van der Waals surface area contributed by atoms with E-state index in [0.29, 0.717) is 35.2 Å². The Morgan fingerprint density at radius 2 is 2.05 bits per heavy atom. The van der Waals surface area contributed by atoms with Gasteiger partial charge in [-0.25, -0.2) is 8.42 Å². The highest BCUT2D eigenvalue weighted by Gasteiger charge is 2.15. The lowest BCUT2D eigenvalue weighted by Gasteiger charge is -2.11. The van der Waals surface area contributed by atoms with Gasteiger partial charge in [-0.05, 0) is 12.1 Å². The largest absolute Gasteiger partial charge is 0.312 e. The van der Waals surface area contributed by atoms with Crippen molar-refractivity contribution in [3.63, 3.8) is 0 Å². The summed E-state index contributed by atoms with van der Waals surface area (Å²) in [7, 11) is -4.12. The van der Waals surface area contributed by atoms with E-state index >= 15 is 0 Å². The average Bonchev–Trinajstić information content (AvgIpc) is 2.34. The number of nitrogens with one attached hydrogen (secondary N) is 1. The van der Waals surface area contributed by atoms with Crippen LogP contribution in [0.5, 0.6) is 0 Å². The molecule has 0 aliphatic carbocycles. The molecule has 1 atom stereocenters. The number of hydrogen-bond acceptors (Lipinski definition) is 4. The minimum Gasteiger partial charge on any atom is -0.312 e. The average molecular weight is 324 g/mol. The number of hydrogen-bond donors (Lipinski definition) is 1. The van der Waals surface area contributed by atoms with Gasteiger partial charge in [0.25, 0.3) is 0 Å². The Bertz CT molecular complexity index is 558. The molecule has 4 nitrogen and oxygen atoms in total. The number of benzene rings is 1. The van der Waals surface area contributed by atoms with Gasteiger partial charge in [-0.1, -0.05) is 24.6 Å². The Morgan fingerprint density at radius 1 is 1.37 bits per heavy atom. The summed E-state index contributed by atoms with van der Waals surface area (Å²) in [5, 5.41) is 3.50. The predicted molar refractivity (Wildman–Crippen MR) is 79.8 cm³/mol. The van der Waals surface area contributed by atoms with Crippen LogP contribution in [0.15, 0.2) is 23.1 Å². The molecule has 1 unspecified atom stereocenters. The summed E-state index contributed by atoms with van der Waals surface area (Å²) < 4.78 is 34.6. The molecule has 0 fully saturated rings. The first kappa shape index (κ1) is 16.6. The van der Waals surface area contributed by atoms with Gasteiger partial charge < -0.3 is 5.32 Å². The summed E-state index contributed by atoms with van der Waals surface area (Å²) in [6.07, 6.45) is 1.16. The van der Waals surface area contributed by atoms with Crippen LogP contribution in [0.3, 0.4) is 0 Å². The van der Waals surface area contributed by atoms with Gasteiger partial charge in [0.1, 0.15) is 0 Å². The molecule has 0 bridgehead atoms. The van der Waals surface area contributed by atoms with Crippen LogP contribution < -0.4 is 5.32 Å². The van der Waals surface area contributed by atoms with E-state index < -0.39 is 20.6 Å². The van der Waals surface area contributed by atoms with Gasteiger partial charge >= 0.3 is 0 Å². The van der Waals surface area contributed by atoms with Gasteiger partial charge in [0, 0.05) is 52.2 Å². The lowest BCUT2D eigenvalue weighted by molar-refractivity contribution is 0.599. The fourth-order valence-electron chi connectivity index (χ4n) is 1.60. The van der Waals surface area contributed by atoms with Crippen molar-refractivity contribution in [3.8, 4) is 0 Å². The molecule has 0 radical (unpaired) electrons. The van der Waals surface area contributed by atoms with Crippen molar-refractivity contribution in [2.45, 2.75) is 18.4 Å². The first-order valence-electron chi connectivity index (χ1n) is 5.89. The molecule has 0 aliphatic heterocycles. The number of rotatable bonds is 7. The molecule has 108 valence electrons. The molecule has 0 amide bonds. The highest BCUT2D eigenvalue weighted by Crippen LogP contribution is 2.23. The highest BCUT2D eigenvalue weighted by molar-refractivity contribution is 7.90. The molecular formula is C12H18ClNO3S2. The van der Waals surface area contributed by atoms with Crippen molar-refractivity contribution in [1.82, 2.24) is 5.32 Å². The summed E-state index contributed by atoms with van der Waals surface area (Å²) in [5.41, 5.74) is 0.564. The normalized spacial score (nSPS) is 13.4. The van der Waals surface area contributed by atoms with Crippen molar-refractivity contribution >= 4 is 32.2 Å². The summed E-state index contributed by atoms with van der Waals surface area (Å²) >= 11 is 6.04. The van der Waals surface area contributed by atoms with E-state index in [9.17, 15) is 12.6 Å². The second kappa shape index (κ2) is 7.38. The van der Waals surface area contributed by atoms with Crippen LogP contribution in [0.4, 0.5) is 0 Å². The molecular weight excluding hydrogens is 306 g/mol. The first-order chi connectivity index (χ1) is 8.86. The first-order valence-corrected chi connectivity index (χ1v) is 9.65.